The Bertz CT molecular complexity index is 609. The van der Waals surface area contributed by atoms with E-state index in [1.165, 1.54) is 6.08 Å². The summed E-state index contributed by atoms with van der Waals surface area (Å²) in [5.74, 6) is -0.211. The van der Waals surface area contributed by atoms with Crippen LogP contribution in [-0.2, 0) is 4.79 Å². The average molecular weight is 292 g/mol. The van der Waals surface area contributed by atoms with E-state index in [0.29, 0.717) is 10.0 Å². The molecule has 0 saturated heterocycles. The van der Waals surface area contributed by atoms with Gasteiger partial charge in [-0.05, 0) is 35.9 Å². The van der Waals surface area contributed by atoms with Crippen molar-refractivity contribution in [2.24, 2.45) is 0 Å². The second-order valence-electron chi connectivity index (χ2n) is 3.85. The fourth-order valence-corrected chi connectivity index (χ4v) is 1.98. The molecule has 0 aliphatic rings. The van der Waals surface area contributed by atoms with Crippen LogP contribution in [0.25, 0.3) is 6.08 Å². The quantitative estimate of drug-likeness (QED) is 0.820. The van der Waals surface area contributed by atoms with Gasteiger partial charge in [-0.3, -0.25) is 4.79 Å². The molecular weight excluding hydrogens is 281 g/mol. The molecule has 0 atom stereocenters. The second kappa shape index (κ2) is 6.41. The normalized spacial score (nSPS) is 10.6. The predicted octanol–water partition coefficient (Wildman–Crippen LogP) is 4.65. The number of para-hydroxylation sites is 1. The number of carbonyl (C=O) groups excluding carboxylic acids is 1. The van der Waals surface area contributed by atoms with E-state index >= 15 is 0 Å². The Balaban J connectivity index is 2.04. The molecule has 2 nitrogen and oxygen atoms in total. The lowest BCUT2D eigenvalue weighted by molar-refractivity contribution is -0.111. The molecule has 0 saturated carbocycles. The Morgan fingerprint density at radius 3 is 2.47 bits per heavy atom. The fourth-order valence-electron chi connectivity index (χ4n) is 1.51. The average Bonchev–Trinajstić information content (AvgIpc) is 2.39. The Hall–Kier alpha value is -1.77. The van der Waals surface area contributed by atoms with Gasteiger partial charge in [0.1, 0.15) is 0 Å². The molecule has 0 spiro atoms. The van der Waals surface area contributed by atoms with Crippen molar-refractivity contribution in [2.75, 3.05) is 5.32 Å². The summed E-state index contributed by atoms with van der Waals surface area (Å²) < 4.78 is 0. The molecule has 0 bridgehead atoms. The molecule has 0 unspecified atom stereocenters. The molecule has 1 amide bonds. The van der Waals surface area contributed by atoms with Gasteiger partial charge in [0.25, 0.3) is 0 Å². The van der Waals surface area contributed by atoms with E-state index in [1.54, 1.807) is 24.3 Å². The van der Waals surface area contributed by atoms with Crippen LogP contribution < -0.4 is 5.32 Å². The van der Waals surface area contributed by atoms with Crippen LogP contribution in [0.2, 0.25) is 10.0 Å². The van der Waals surface area contributed by atoms with Crippen molar-refractivity contribution < 1.29 is 4.79 Å². The molecule has 2 rings (SSSR count). The first-order valence-corrected chi connectivity index (χ1v) is 6.40. The first kappa shape index (κ1) is 13.7. The van der Waals surface area contributed by atoms with Crippen LogP contribution in [0, 0.1) is 0 Å². The minimum Gasteiger partial charge on any atom is -0.323 e. The molecule has 1 N–H and O–H groups in total. The van der Waals surface area contributed by atoms with Crippen LogP contribution in [0.15, 0.2) is 54.6 Å². The zero-order valence-corrected chi connectivity index (χ0v) is 11.4. The number of amides is 1. The number of benzene rings is 2. The molecule has 2 aromatic rings. The van der Waals surface area contributed by atoms with E-state index in [1.807, 2.05) is 30.3 Å². The SMILES string of the molecule is O=C(/C=C/c1ccc(Cl)cc1Cl)Nc1ccccc1. The van der Waals surface area contributed by atoms with Gasteiger partial charge in [-0.1, -0.05) is 47.5 Å². The number of hydrogen-bond donors (Lipinski definition) is 1. The summed E-state index contributed by atoms with van der Waals surface area (Å²) in [6.45, 7) is 0. The molecule has 4 heteroatoms. The number of hydrogen-bond acceptors (Lipinski definition) is 1. The summed E-state index contributed by atoms with van der Waals surface area (Å²) in [5, 5.41) is 3.82. The maximum Gasteiger partial charge on any atom is 0.248 e. The minimum absolute atomic E-state index is 0.211. The number of rotatable bonds is 3. The molecular formula is C15H11Cl2NO. The molecule has 0 radical (unpaired) electrons. The Morgan fingerprint density at radius 2 is 1.79 bits per heavy atom. The molecule has 0 aromatic heterocycles. The van der Waals surface area contributed by atoms with E-state index in [-0.39, 0.29) is 5.91 Å². The van der Waals surface area contributed by atoms with Gasteiger partial charge < -0.3 is 5.32 Å². The van der Waals surface area contributed by atoms with Crippen molar-refractivity contribution in [1.82, 2.24) is 0 Å². The van der Waals surface area contributed by atoms with Crippen LogP contribution in [0.4, 0.5) is 5.69 Å². The van der Waals surface area contributed by atoms with Gasteiger partial charge in [-0.2, -0.15) is 0 Å². The third-order valence-corrected chi connectivity index (χ3v) is 2.98. The highest BCUT2D eigenvalue weighted by Crippen LogP contribution is 2.21. The number of anilines is 1. The number of halogens is 2. The highest BCUT2D eigenvalue weighted by molar-refractivity contribution is 6.35. The van der Waals surface area contributed by atoms with Crippen molar-refractivity contribution in [1.29, 1.82) is 0 Å². The molecule has 2 aromatic carbocycles. The third-order valence-electron chi connectivity index (χ3n) is 2.42. The van der Waals surface area contributed by atoms with Gasteiger partial charge in [0.05, 0.1) is 0 Å². The van der Waals surface area contributed by atoms with E-state index in [0.717, 1.165) is 11.3 Å². The third kappa shape index (κ3) is 4.12. The highest BCUT2D eigenvalue weighted by atomic mass is 35.5. The lowest BCUT2D eigenvalue weighted by Gasteiger charge is -2.01. The summed E-state index contributed by atoms with van der Waals surface area (Å²) in [4.78, 5) is 11.7. The molecule has 96 valence electrons. The Morgan fingerprint density at radius 1 is 1.05 bits per heavy atom. The zero-order valence-electron chi connectivity index (χ0n) is 9.94. The summed E-state index contributed by atoms with van der Waals surface area (Å²) >= 11 is 11.8. The monoisotopic (exact) mass is 291 g/mol. The lowest BCUT2D eigenvalue weighted by atomic mass is 10.2. The zero-order chi connectivity index (χ0) is 13.7. The highest BCUT2D eigenvalue weighted by Gasteiger charge is 2.00. The van der Waals surface area contributed by atoms with E-state index < -0.39 is 0 Å². The molecule has 0 aliphatic heterocycles. The van der Waals surface area contributed by atoms with E-state index in [9.17, 15) is 4.79 Å². The predicted molar refractivity (Wildman–Crippen MR) is 80.6 cm³/mol. The first-order valence-electron chi connectivity index (χ1n) is 5.64. The van der Waals surface area contributed by atoms with Crippen molar-refractivity contribution in [3.8, 4) is 0 Å². The summed E-state index contributed by atoms with van der Waals surface area (Å²) in [6.07, 6.45) is 3.08. The van der Waals surface area contributed by atoms with Crippen LogP contribution in [-0.4, -0.2) is 5.91 Å². The maximum atomic E-state index is 11.7. The van der Waals surface area contributed by atoms with Gasteiger partial charge >= 0.3 is 0 Å². The second-order valence-corrected chi connectivity index (χ2v) is 4.70. The largest absolute Gasteiger partial charge is 0.323 e. The number of carbonyl (C=O) groups is 1. The molecule has 0 fully saturated rings. The molecule has 0 aliphatic carbocycles. The van der Waals surface area contributed by atoms with Crippen LogP contribution in [0.5, 0.6) is 0 Å². The summed E-state index contributed by atoms with van der Waals surface area (Å²) in [6, 6.07) is 14.4. The smallest absolute Gasteiger partial charge is 0.248 e. The Kier molecular flexibility index (Phi) is 4.61. The van der Waals surface area contributed by atoms with Gasteiger partial charge in [0.2, 0.25) is 5.91 Å². The Labute approximate surface area is 121 Å². The lowest BCUT2D eigenvalue weighted by Crippen LogP contribution is -2.07. The van der Waals surface area contributed by atoms with Gasteiger partial charge in [-0.15, -0.1) is 0 Å². The standard InChI is InChI=1S/C15H11Cl2NO/c16-12-8-6-11(14(17)10-12)7-9-15(19)18-13-4-2-1-3-5-13/h1-10H,(H,18,19)/b9-7+. The van der Waals surface area contributed by atoms with E-state index in [4.69, 9.17) is 23.2 Å². The summed E-state index contributed by atoms with van der Waals surface area (Å²) in [7, 11) is 0. The van der Waals surface area contributed by atoms with Crippen LogP contribution in [0.3, 0.4) is 0 Å². The van der Waals surface area contributed by atoms with Crippen molar-refractivity contribution in [3.05, 3.63) is 70.2 Å². The first-order chi connectivity index (χ1) is 9.15. The minimum atomic E-state index is -0.211. The van der Waals surface area contributed by atoms with Gasteiger partial charge in [0.15, 0.2) is 0 Å². The van der Waals surface area contributed by atoms with Crippen molar-refractivity contribution >= 4 is 40.9 Å². The molecule has 0 heterocycles. The van der Waals surface area contributed by atoms with E-state index in [2.05, 4.69) is 5.32 Å². The summed E-state index contributed by atoms with van der Waals surface area (Å²) in [5.41, 5.74) is 1.49. The van der Waals surface area contributed by atoms with Gasteiger partial charge in [-0.25, -0.2) is 0 Å². The number of nitrogens with one attached hydrogen (secondary N) is 1. The van der Waals surface area contributed by atoms with Crippen LogP contribution in [0.1, 0.15) is 5.56 Å². The topological polar surface area (TPSA) is 29.1 Å². The van der Waals surface area contributed by atoms with Crippen LogP contribution >= 0.6 is 23.2 Å². The maximum absolute atomic E-state index is 11.7. The van der Waals surface area contributed by atoms with Crippen molar-refractivity contribution in [3.63, 3.8) is 0 Å². The fraction of sp³-hybridized carbons (Fsp3) is 0. The van der Waals surface area contributed by atoms with Gasteiger partial charge in [0, 0.05) is 21.8 Å². The molecule has 19 heavy (non-hydrogen) atoms. The van der Waals surface area contributed by atoms with Crippen molar-refractivity contribution in [2.45, 2.75) is 0 Å².